The van der Waals surface area contributed by atoms with E-state index in [-0.39, 0.29) is 5.69 Å². The summed E-state index contributed by atoms with van der Waals surface area (Å²) >= 11 is 13.2. The molecule has 2 aromatic rings. The number of nitro groups is 1. The predicted molar refractivity (Wildman–Crippen MR) is 76.9 cm³/mol. The maximum absolute atomic E-state index is 10.7. The van der Waals surface area contributed by atoms with Crippen molar-refractivity contribution in [3.63, 3.8) is 0 Å². The molecule has 2 rings (SSSR count). The SMILES string of the molecule is O=[N+]([O-])c1cccc(CSc2ncc(Cl)cc2Cl)c1. The highest BCUT2D eigenvalue weighted by Crippen LogP contribution is 2.30. The van der Waals surface area contributed by atoms with Crippen LogP contribution in [0.5, 0.6) is 0 Å². The zero-order chi connectivity index (χ0) is 13.8. The molecule has 0 fully saturated rings. The Morgan fingerprint density at radius 2 is 2.11 bits per heavy atom. The Kier molecular flexibility index (Phi) is 4.63. The molecule has 1 aromatic heterocycles. The number of benzene rings is 1. The maximum Gasteiger partial charge on any atom is 0.269 e. The van der Waals surface area contributed by atoms with Gasteiger partial charge in [0.1, 0.15) is 5.03 Å². The normalized spacial score (nSPS) is 10.4. The molecule has 0 N–H and O–H groups in total. The second kappa shape index (κ2) is 6.23. The Hall–Kier alpha value is -1.30. The maximum atomic E-state index is 10.7. The van der Waals surface area contributed by atoms with Gasteiger partial charge >= 0.3 is 0 Å². The quantitative estimate of drug-likeness (QED) is 0.470. The fourth-order valence-corrected chi connectivity index (χ4v) is 2.77. The van der Waals surface area contributed by atoms with Crippen LogP contribution >= 0.6 is 35.0 Å². The second-order valence-electron chi connectivity index (χ2n) is 3.66. The highest BCUT2D eigenvalue weighted by atomic mass is 35.5. The Morgan fingerprint density at radius 3 is 2.79 bits per heavy atom. The van der Waals surface area contributed by atoms with Crippen LogP contribution in [0, 0.1) is 10.1 Å². The summed E-state index contributed by atoms with van der Waals surface area (Å²) in [6.07, 6.45) is 1.52. The van der Waals surface area contributed by atoms with Gasteiger partial charge in [0.05, 0.1) is 15.0 Å². The second-order valence-corrected chi connectivity index (χ2v) is 5.46. The van der Waals surface area contributed by atoms with Gasteiger partial charge in [-0.25, -0.2) is 4.98 Å². The monoisotopic (exact) mass is 314 g/mol. The van der Waals surface area contributed by atoms with Crippen molar-refractivity contribution in [3.05, 3.63) is 62.3 Å². The third-order valence-electron chi connectivity index (χ3n) is 2.27. The van der Waals surface area contributed by atoms with Crippen molar-refractivity contribution in [3.8, 4) is 0 Å². The molecule has 0 saturated carbocycles. The van der Waals surface area contributed by atoms with Crippen molar-refractivity contribution in [2.45, 2.75) is 10.8 Å². The number of hydrogen-bond acceptors (Lipinski definition) is 4. The van der Waals surface area contributed by atoms with Gasteiger partial charge in [0, 0.05) is 24.1 Å². The molecule has 98 valence electrons. The number of hydrogen-bond donors (Lipinski definition) is 0. The molecule has 4 nitrogen and oxygen atoms in total. The Balaban J connectivity index is 2.10. The van der Waals surface area contributed by atoms with Gasteiger partial charge in [0.2, 0.25) is 0 Å². The van der Waals surface area contributed by atoms with E-state index in [9.17, 15) is 10.1 Å². The van der Waals surface area contributed by atoms with Crippen LogP contribution in [-0.2, 0) is 5.75 Å². The number of aromatic nitrogens is 1. The highest BCUT2D eigenvalue weighted by Gasteiger charge is 2.08. The van der Waals surface area contributed by atoms with E-state index in [1.165, 1.54) is 30.1 Å². The van der Waals surface area contributed by atoms with E-state index in [0.717, 1.165) is 5.56 Å². The molecule has 19 heavy (non-hydrogen) atoms. The van der Waals surface area contributed by atoms with Gasteiger partial charge in [0.15, 0.2) is 0 Å². The number of pyridine rings is 1. The average Bonchev–Trinajstić information content (AvgIpc) is 2.38. The first-order chi connectivity index (χ1) is 9.06. The first-order valence-corrected chi connectivity index (χ1v) is 6.97. The Bertz CT molecular complexity index is 622. The number of rotatable bonds is 4. The van der Waals surface area contributed by atoms with E-state index in [1.807, 2.05) is 6.07 Å². The number of nitrogens with zero attached hydrogens (tertiary/aromatic N) is 2. The third kappa shape index (κ3) is 3.83. The average molecular weight is 315 g/mol. The summed E-state index contributed by atoms with van der Waals surface area (Å²) in [7, 11) is 0. The van der Waals surface area contributed by atoms with E-state index in [2.05, 4.69) is 4.98 Å². The molecule has 7 heteroatoms. The van der Waals surface area contributed by atoms with E-state index >= 15 is 0 Å². The minimum atomic E-state index is -0.415. The van der Waals surface area contributed by atoms with E-state index in [1.54, 1.807) is 12.1 Å². The Labute approximate surface area is 123 Å². The highest BCUT2D eigenvalue weighted by molar-refractivity contribution is 7.98. The van der Waals surface area contributed by atoms with E-state index < -0.39 is 4.92 Å². The standard InChI is InChI=1S/C12H8Cl2N2O2S/c13-9-5-11(14)12(15-6-9)19-7-8-2-1-3-10(4-8)16(17)18/h1-6H,7H2. The first kappa shape index (κ1) is 14.1. The summed E-state index contributed by atoms with van der Waals surface area (Å²) in [6, 6.07) is 8.10. The molecule has 0 aliphatic rings. The largest absolute Gasteiger partial charge is 0.269 e. The molecule has 0 amide bonds. The molecular weight excluding hydrogens is 307 g/mol. The van der Waals surface area contributed by atoms with E-state index in [0.29, 0.717) is 20.8 Å². The van der Waals surface area contributed by atoms with Crippen LogP contribution in [0.3, 0.4) is 0 Å². The fourth-order valence-electron chi connectivity index (χ4n) is 1.42. The van der Waals surface area contributed by atoms with Gasteiger partial charge in [-0.2, -0.15) is 0 Å². The lowest BCUT2D eigenvalue weighted by Gasteiger charge is -2.03. The van der Waals surface area contributed by atoms with Gasteiger partial charge in [-0.15, -0.1) is 11.8 Å². The minimum Gasteiger partial charge on any atom is -0.258 e. The molecule has 0 radical (unpaired) electrons. The first-order valence-electron chi connectivity index (χ1n) is 5.23. The molecular formula is C12H8Cl2N2O2S. The van der Waals surface area contributed by atoms with Gasteiger partial charge in [-0.1, -0.05) is 35.3 Å². The lowest BCUT2D eigenvalue weighted by Crippen LogP contribution is -1.90. The molecule has 1 aromatic carbocycles. The number of non-ortho nitro benzene ring substituents is 1. The molecule has 0 bridgehead atoms. The number of halogens is 2. The van der Waals surface area contributed by atoms with Crippen LogP contribution in [-0.4, -0.2) is 9.91 Å². The minimum absolute atomic E-state index is 0.0771. The van der Waals surface area contributed by atoms with Crippen molar-refractivity contribution in [2.24, 2.45) is 0 Å². The predicted octanol–water partition coefficient (Wildman–Crippen LogP) is 4.59. The van der Waals surface area contributed by atoms with Crippen molar-refractivity contribution in [2.75, 3.05) is 0 Å². The summed E-state index contributed by atoms with van der Waals surface area (Å²) in [6.45, 7) is 0. The zero-order valence-corrected chi connectivity index (χ0v) is 11.9. The molecule has 0 saturated heterocycles. The van der Waals surface area contributed by atoms with Gasteiger partial charge in [-0.3, -0.25) is 10.1 Å². The fraction of sp³-hybridized carbons (Fsp3) is 0.0833. The van der Waals surface area contributed by atoms with Crippen molar-refractivity contribution >= 4 is 40.7 Å². The van der Waals surface area contributed by atoms with Crippen LogP contribution in [0.25, 0.3) is 0 Å². The summed E-state index contributed by atoms with van der Waals surface area (Å²) in [5, 5.41) is 12.3. The topological polar surface area (TPSA) is 56.0 Å². The van der Waals surface area contributed by atoms with E-state index in [4.69, 9.17) is 23.2 Å². The lowest BCUT2D eigenvalue weighted by atomic mass is 10.2. The summed E-state index contributed by atoms with van der Waals surface area (Å²) < 4.78 is 0. The van der Waals surface area contributed by atoms with Crippen molar-refractivity contribution in [1.82, 2.24) is 4.98 Å². The van der Waals surface area contributed by atoms with Crippen LogP contribution in [0.15, 0.2) is 41.6 Å². The number of thioether (sulfide) groups is 1. The van der Waals surface area contributed by atoms with Gasteiger partial charge in [-0.05, 0) is 11.6 Å². The molecule has 0 aliphatic heterocycles. The number of nitro benzene ring substituents is 1. The van der Waals surface area contributed by atoms with Crippen molar-refractivity contribution < 1.29 is 4.92 Å². The van der Waals surface area contributed by atoms with Crippen LogP contribution < -0.4 is 0 Å². The smallest absolute Gasteiger partial charge is 0.258 e. The molecule has 0 aliphatic carbocycles. The molecule has 0 unspecified atom stereocenters. The summed E-state index contributed by atoms with van der Waals surface area (Å²) in [4.78, 5) is 14.4. The summed E-state index contributed by atoms with van der Waals surface area (Å²) in [5.74, 6) is 0.552. The van der Waals surface area contributed by atoms with Crippen LogP contribution in [0.1, 0.15) is 5.56 Å². The summed E-state index contributed by atoms with van der Waals surface area (Å²) in [5.41, 5.74) is 0.917. The zero-order valence-electron chi connectivity index (χ0n) is 9.55. The Morgan fingerprint density at radius 1 is 1.32 bits per heavy atom. The van der Waals surface area contributed by atoms with Crippen LogP contribution in [0.4, 0.5) is 5.69 Å². The third-order valence-corrected chi connectivity index (χ3v) is 3.95. The lowest BCUT2D eigenvalue weighted by molar-refractivity contribution is -0.384. The van der Waals surface area contributed by atoms with Crippen LogP contribution in [0.2, 0.25) is 10.0 Å². The van der Waals surface area contributed by atoms with Crippen molar-refractivity contribution in [1.29, 1.82) is 0 Å². The van der Waals surface area contributed by atoms with Gasteiger partial charge < -0.3 is 0 Å². The van der Waals surface area contributed by atoms with Gasteiger partial charge in [0.25, 0.3) is 5.69 Å². The molecule has 1 heterocycles. The molecule has 0 spiro atoms. The molecule has 0 atom stereocenters.